The predicted octanol–water partition coefficient (Wildman–Crippen LogP) is 4.94. The summed E-state index contributed by atoms with van der Waals surface area (Å²) in [6.07, 6.45) is 2.79. The number of halogens is 2. The molecule has 138 valence electrons. The van der Waals surface area contributed by atoms with Crippen LogP contribution < -0.4 is 0 Å². The van der Waals surface area contributed by atoms with Gasteiger partial charge in [-0.1, -0.05) is 42.5 Å². The maximum Gasteiger partial charge on any atom is 0.183 e. The summed E-state index contributed by atoms with van der Waals surface area (Å²) in [6.45, 7) is 3.16. The Labute approximate surface area is 152 Å². The number of hydrogen-bond acceptors (Lipinski definition) is 3. The third kappa shape index (κ3) is 4.01. The fraction of sp³-hybridized carbons (Fsp3) is 0.333. The minimum absolute atomic E-state index is 0.0953. The Morgan fingerprint density at radius 3 is 2.19 bits per heavy atom. The monoisotopic (exact) mass is 360 g/mol. The second-order valence-corrected chi connectivity index (χ2v) is 6.20. The first-order chi connectivity index (χ1) is 12.6. The van der Waals surface area contributed by atoms with E-state index in [9.17, 15) is 8.78 Å². The molecule has 1 saturated heterocycles. The molecule has 0 N–H and O–H groups in total. The van der Waals surface area contributed by atoms with Crippen LogP contribution in [0, 0.1) is 17.6 Å². The molecule has 1 heterocycles. The number of hydrogen-bond donors (Lipinski definition) is 0. The van der Waals surface area contributed by atoms with Gasteiger partial charge in [-0.3, -0.25) is 0 Å². The van der Waals surface area contributed by atoms with Crippen LogP contribution in [0.15, 0.2) is 54.6 Å². The van der Waals surface area contributed by atoms with E-state index in [0.29, 0.717) is 18.8 Å². The fourth-order valence-electron chi connectivity index (χ4n) is 3.10. The van der Waals surface area contributed by atoms with Crippen molar-refractivity contribution in [3.8, 4) is 0 Å². The zero-order chi connectivity index (χ0) is 18.5. The van der Waals surface area contributed by atoms with Crippen molar-refractivity contribution < 1.29 is 23.0 Å². The molecular formula is C21H22F2O3. The molecule has 0 radical (unpaired) electrons. The lowest BCUT2D eigenvalue weighted by Gasteiger charge is -2.28. The lowest BCUT2D eigenvalue weighted by molar-refractivity contribution is -0.197. The second-order valence-electron chi connectivity index (χ2n) is 6.20. The maximum absolute atomic E-state index is 14.1. The summed E-state index contributed by atoms with van der Waals surface area (Å²) in [4.78, 5) is 0. The van der Waals surface area contributed by atoms with E-state index in [1.54, 1.807) is 12.1 Å². The van der Waals surface area contributed by atoms with Gasteiger partial charge in [-0.15, -0.1) is 0 Å². The zero-order valence-electron chi connectivity index (χ0n) is 14.8. The molecule has 0 saturated carbocycles. The molecular weight excluding hydrogens is 338 g/mol. The topological polar surface area (TPSA) is 27.7 Å². The smallest absolute Gasteiger partial charge is 0.183 e. The maximum atomic E-state index is 14.1. The van der Waals surface area contributed by atoms with Crippen molar-refractivity contribution in [3.05, 3.63) is 82.9 Å². The summed E-state index contributed by atoms with van der Waals surface area (Å²) >= 11 is 0. The van der Waals surface area contributed by atoms with E-state index >= 15 is 0 Å². The summed E-state index contributed by atoms with van der Waals surface area (Å²) in [6, 6.07) is 11.0. The van der Waals surface area contributed by atoms with Gasteiger partial charge in [0, 0.05) is 18.6 Å². The third-order valence-electron chi connectivity index (χ3n) is 4.40. The molecule has 3 rings (SSSR count). The van der Waals surface area contributed by atoms with Crippen molar-refractivity contribution in [2.24, 2.45) is 5.92 Å². The van der Waals surface area contributed by atoms with Gasteiger partial charge in [-0.2, -0.15) is 0 Å². The Kier molecular flexibility index (Phi) is 6.14. The van der Waals surface area contributed by atoms with Crippen LogP contribution in [-0.2, 0) is 14.2 Å². The van der Waals surface area contributed by atoms with Crippen molar-refractivity contribution in [1.82, 2.24) is 0 Å². The molecule has 1 aliphatic rings. The van der Waals surface area contributed by atoms with E-state index in [2.05, 4.69) is 6.08 Å². The quantitative estimate of drug-likeness (QED) is 0.707. The summed E-state index contributed by atoms with van der Waals surface area (Å²) in [7, 11) is 1.43. The molecule has 1 aliphatic heterocycles. The van der Waals surface area contributed by atoms with Crippen LogP contribution in [0.1, 0.15) is 36.0 Å². The van der Waals surface area contributed by atoms with Gasteiger partial charge >= 0.3 is 0 Å². The number of methoxy groups -OCH3 is 1. The van der Waals surface area contributed by atoms with E-state index < -0.39 is 24.0 Å². The summed E-state index contributed by atoms with van der Waals surface area (Å²) in [5.41, 5.74) is 1.42. The van der Waals surface area contributed by atoms with Gasteiger partial charge < -0.3 is 14.2 Å². The normalized spacial score (nSPS) is 21.8. The van der Waals surface area contributed by atoms with E-state index in [-0.39, 0.29) is 11.5 Å². The molecule has 1 fully saturated rings. The fourth-order valence-corrected chi connectivity index (χ4v) is 3.10. The van der Waals surface area contributed by atoms with Crippen molar-refractivity contribution in [2.45, 2.75) is 19.3 Å². The molecule has 1 unspecified atom stereocenters. The van der Waals surface area contributed by atoms with E-state index in [0.717, 1.165) is 5.56 Å². The van der Waals surface area contributed by atoms with Gasteiger partial charge in [0.25, 0.3) is 0 Å². The molecule has 5 heteroatoms. The van der Waals surface area contributed by atoms with Crippen molar-refractivity contribution in [1.29, 1.82) is 0 Å². The average Bonchev–Trinajstić information content (AvgIpc) is 2.66. The van der Waals surface area contributed by atoms with Gasteiger partial charge in [-0.25, -0.2) is 8.78 Å². The minimum Gasteiger partial charge on any atom is -0.372 e. The Bertz CT molecular complexity index is 730. The number of benzene rings is 2. The largest absolute Gasteiger partial charge is 0.372 e. The Morgan fingerprint density at radius 1 is 1.04 bits per heavy atom. The molecule has 0 spiro atoms. The summed E-state index contributed by atoms with van der Waals surface area (Å²) < 4.78 is 45.0. The van der Waals surface area contributed by atoms with Crippen LogP contribution in [0.2, 0.25) is 0 Å². The van der Waals surface area contributed by atoms with E-state index in [1.807, 2.05) is 25.1 Å². The molecule has 2 aromatic carbocycles. The first kappa shape index (κ1) is 18.7. The lowest BCUT2D eigenvalue weighted by Crippen LogP contribution is -2.25. The second kappa shape index (κ2) is 8.54. The van der Waals surface area contributed by atoms with Gasteiger partial charge in [0.2, 0.25) is 0 Å². The van der Waals surface area contributed by atoms with Crippen LogP contribution in [-0.4, -0.2) is 20.3 Å². The average molecular weight is 360 g/mol. The lowest BCUT2D eigenvalue weighted by atomic mass is 9.99. The predicted molar refractivity (Wildman–Crippen MR) is 94.6 cm³/mol. The van der Waals surface area contributed by atoms with Gasteiger partial charge in [0.15, 0.2) is 6.29 Å². The Balaban J connectivity index is 1.76. The molecule has 1 atom stereocenters. The molecule has 0 aromatic heterocycles. The first-order valence-corrected chi connectivity index (χ1v) is 8.56. The van der Waals surface area contributed by atoms with Crippen LogP contribution in [0.4, 0.5) is 8.78 Å². The highest BCUT2D eigenvalue weighted by atomic mass is 19.1. The van der Waals surface area contributed by atoms with Crippen molar-refractivity contribution >= 4 is 0 Å². The van der Waals surface area contributed by atoms with Gasteiger partial charge in [-0.05, 0) is 24.6 Å². The SMILES string of the molecule is C/C=C/[C@H]1CO[C@H](c2ccc(C(OC)c3c(F)cccc3F)cc2)OC1. The zero-order valence-corrected chi connectivity index (χ0v) is 14.8. The summed E-state index contributed by atoms with van der Waals surface area (Å²) in [5.74, 6) is -0.998. The standard InChI is InChI=1S/C21H22F2O3/c1-3-5-14-12-25-21(26-13-14)16-10-8-15(9-11-16)20(24-2)19-17(22)6-4-7-18(19)23/h3-11,14,20-21H,12-13H2,1-2H3/b5-3+/t14-,20?,21-. The molecule has 2 aromatic rings. The highest BCUT2D eigenvalue weighted by molar-refractivity contribution is 5.34. The summed E-state index contributed by atoms with van der Waals surface area (Å²) in [5, 5.41) is 0. The number of rotatable bonds is 5. The van der Waals surface area contributed by atoms with E-state index in [1.165, 1.54) is 25.3 Å². The van der Waals surface area contributed by atoms with Gasteiger partial charge in [0.05, 0.1) is 18.8 Å². The van der Waals surface area contributed by atoms with Crippen LogP contribution >= 0.6 is 0 Å². The Morgan fingerprint density at radius 2 is 1.65 bits per heavy atom. The Hall–Kier alpha value is -2.08. The molecule has 3 nitrogen and oxygen atoms in total. The highest BCUT2D eigenvalue weighted by Gasteiger charge is 2.24. The van der Waals surface area contributed by atoms with Crippen LogP contribution in [0.5, 0.6) is 0 Å². The van der Waals surface area contributed by atoms with E-state index in [4.69, 9.17) is 14.2 Å². The first-order valence-electron chi connectivity index (χ1n) is 8.56. The molecule has 0 amide bonds. The number of ether oxygens (including phenoxy) is 3. The number of allylic oxidation sites excluding steroid dienone is 1. The van der Waals surface area contributed by atoms with Crippen LogP contribution in [0.3, 0.4) is 0 Å². The molecule has 0 bridgehead atoms. The van der Waals surface area contributed by atoms with Crippen LogP contribution in [0.25, 0.3) is 0 Å². The third-order valence-corrected chi connectivity index (χ3v) is 4.40. The minimum atomic E-state index is -0.822. The van der Waals surface area contributed by atoms with Crippen molar-refractivity contribution in [2.75, 3.05) is 20.3 Å². The van der Waals surface area contributed by atoms with Gasteiger partial charge in [0.1, 0.15) is 17.7 Å². The molecule has 0 aliphatic carbocycles. The van der Waals surface area contributed by atoms with Crippen molar-refractivity contribution in [3.63, 3.8) is 0 Å². The highest BCUT2D eigenvalue weighted by Crippen LogP contribution is 2.32. The molecule has 26 heavy (non-hydrogen) atoms.